The predicted octanol–water partition coefficient (Wildman–Crippen LogP) is 2.53. The molecule has 0 fully saturated rings. The molecule has 0 saturated carbocycles. The van der Waals surface area contributed by atoms with Crippen LogP contribution in [0.1, 0.15) is 16.8 Å². The van der Waals surface area contributed by atoms with Gasteiger partial charge in [-0.3, -0.25) is 4.79 Å². The molecule has 0 radical (unpaired) electrons. The molecule has 1 heterocycles. The van der Waals surface area contributed by atoms with E-state index in [1.807, 2.05) is 0 Å². The van der Waals surface area contributed by atoms with Crippen molar-refractivity contribution in [2.24, 2.45) is 0 Å². The zero-order chi connectivity index (χ0) is 13.7. The van der Waals surface area contributed by atoms with Crippen LogP contribution in [-0.2, 0) is 0 Å². The van der Waals surface area contributed by atoms with Gasteiger partial charge in [-0.2, -0.15) is 0 Å². The number of nitrogens with one attached hydrogen (secondary N) is 2. The van der Waals surface area contributed by atoms with Crippen LogP contribution in [0.25, 0.3) is 0 Å². The van der Waals surface area contributed by atoms with E-state index in [9.17, 15) is 4.79 Å². The van der Waals surface area contributed by atoms with Crippen LogP contribution in [0.2, 0.25) is 0 Å². The Bertz CT molecular complexity index is 506. The number of ether oxygens (including phenoxy) is 1. The quantitative estimate of drug-likeness (QED) is 0.810. The maximum atomic E-state index is 12.0. The van der Waals surface area contributed by atoms with Gasteiger partial charge in [-0.05, 0) is 47.1 Å². The summed E-state index contributed by atoms with van der Waals surface area (Å²) in [5.74, 6) is 0.653. The second-order valence-electron chi connectivity index (χ2n) is 4.35. The fourth-order valence-corrected chi connectivity index (χ4v) is 2.47. The van der Waals surface area contributed by atoms with E-state index < -0.39 is 0 Å². The lowest BCUT2D eigenvalue weighted by Crippen LogP contribution is -2.29. The highest BCUT2D eigenvalue weighted by atomic mass is 79.9. The minimum atomic E-state index is -0.0669. The van der Waals surface area contributed by atoms with E-state index in [1.54, 1.807) is 25.3 Å². The Morgan fingerprint density at radius 2 is 2.30 bits per heavy atom. The predicted molar refractivity (Wildman–Crippen MR) is 85.8 cm³/mol. The molecule has 0 aromatic heterocycles. The van der Waals surface area contributed by atoms with Crippen molar-refractivity contribution in [3.05, 3.63) is 39.9 Å². The zero-order valence-electron chi connectivity index (χ0n) is 11.2. The van der Waals surface area contributed by atoms with Gasteiger partial charge < -0.3 is 15.4 Å². The van der Waals surface area contributed by atoms with Crippen molar-refractivity contribution >= 4 is 34.2 Å². The second-order valence-corrected chi connectivity index (χ2v) is 5.20. The summed E-state index contributed by atoms with van der Waals surface area (Å²) >= 11 is 3.38. The molecule has 1 aromatic carbocycles. The minimum absolute atomic E-state index is 0. The molecule has 2 N–H and O–H groups in total. The summed E-state index contributed by atoms with van der Waals surface area (Å²) in [6.45, 7) is 2.49. The van der Waals surface area contributed by atoms with Crippen LogP contribution in [0.15, 0.2) is 34.3 Å². The number of carbonyl (C=O) groups is 1. The van der Waals surface area contributed by atoms with E-state index >= 15 is 0 Å². The smallest absolute Gasteiger partial charge is 0.251 e. The number of methoxy groups -OCH3 is 1. The number of benzene rings is 1. The molecule has 6 heteroatoms. The van der Waals surface area contributed by atoms with Gasteiger partial charge in [0.1, 0.15) is 5.75 Å². The average molecular weight is 362 g/mol. The maximum Gasteiger partial charge on any atom is 0.251 e. The third-order valence-corrected chi connectivity index (χ3v) is 3.67. The second kappa shape index (κ2) is 8.29. The molecular weight excluding hydrogens is 344 g/mol. The summed E-state index contributed by atoms with van der Waals surface area (Å²) in [6, 6.07) is 5.31. The first-order valence-corrected chi connectivity index (χ1v) is 7.00. The van der Waals surface area contributed by atoms with E-state index in [4.69, 9.17) is 4.74 Å². The van der Waals surface area contributed by atoms with Crippen LogP contribution >= 0.6 is 28.3 Å². The lowest BCUT2D eigenvalue weighted by molar-refractivity contribution is 0.0956. The van der Waals surface area contributed by atoms with Crippen molar-refractivity contribution in [2.75, 3.05) is 26.7 Å². The normalized spacial score (nSPS) is 14.0. The highest BCUT2D eigenvalue weighted by molar-refractivity contribution is 9.10. The zero-order valence-corrected chi connectivity index (χ0v) is 13.6. The molecule has 20 heavy (non-hydrogen) atoms. The van der Waals surface area contributed by atoms with Gasteiger partial charge >= 0.3 is 0 Å². The van der Waals surface area contributed by atoms with Crippen molar-refractivity contribution < 1.29 is 9.53 Å². The van der Waals surface area contributed by atoms with Crippen LogP contribution in [0.4, 0.5) is 0 Å². The Morgan fingerprint density at radius 1 is 1.50 bits per heavy atom. The topological polar surface area (TPSA) is 50.4 Å². The number of hydrogen-bond donors (Lipinski definition) is 2. The number of hydrogen-bond acceptors (Lipinski definition) is 3. The standard InChI is InChI=1S/C14H17BrN2O2.ClH/c1-19-13-3-2-11(8-12(13)15)14(18)17-9-10-4-6-16-7-5-10;/h2-4,8,16H,5-7,9H2,1H3,(H,17,18);1H. The molecule has 0 spiro atoms. The Balaban J connectivity index is 0.00000200. The molecule has 0 atom stereocenters. The number of amides is 1. The van der Waals surface area contributed by atoms with Gasteiger partial charge in [0.05, 0.1) is 11.6 Å². The monoisotopic (exact) mass is 360 g/mol. The van der Waals surface area contributed by atoms with Crippen molar-refractivity contribution in [3.63, 3.8) is 0 Å². The Morgan fingerprint density at radius 3 is 2.90 bits per heavy atom. The Hall–Kier alpha value is -1.04. The van der Waals surface area contributed by atoms with Gasteiger partial charge in [0, 0.05) is 18.7 Å². The van der Waals surface area contributed by atoms with Crippen LogP contribution in [0.5, 0.6) is 5.75 Å². The Labute approximate surface area is 133 Å². The maximum absolute atomic E-state index is 12.0. The summed E-state index contributed by atoms with van der Waals surface area (Å²) < 4.78 is 5.92. The number of rotatable bonds is 4. The molecule has 110 valence electrons. The summed E-state index contributed by atoms with van der Waals surface area (Å²) in [5, 5.41) is 6.18. The highest BCUT2D eigenvalue weighted by Crippen LogP contribution is 2.25. The van der Waals surface area contributed by atoms with Gasteiger partial charge in [0.15, 0.2) is 0 Å². The van der Waals surface area contributed by atoms with Crippen LogP contribution in [0, 0.1) is 0 Å². The lowest BCUT2D eigenvalue weighted by atomic mass is 10.1. The lowest BCUT2D eigenvalue weighted by Gasteiger charge is -2.14. The van der Waals surface area contributed by atoms with E-state index in [0.717, 1.165) is 29.7 Å². The minimum Gasteiger partial charge on any atom is -0.496 e. The largest absolute Gasteiger partial charge is 0.496 e. The van der Waals surface area contributed by atoms with Crippen molar-refractivity contribution in [1.29, 1.82) is 0 Å². The molecule has 0 aliphatic carbocycles. The average Bonchev–Trinajstić information content (AvgIpc) is 2.45. The first-order valence-electron chi connectivity index (χ1n) is 6.21. The van der Waals surface area contributed by atoms with E-state index in [1.165, 1.54) is 5.57 Å². The molecule has 1 aromatic rings. The number of halogens is 2. The van der Waals surface area contributed by atoms with Gasteiger partial charge in [-0.1, -0.05) is 11.6 Å². The summed E-state index contributed by atoms with van der Waals surface area (Å²) in [4.78, 5) is 12.0. The first kappa shape index (κ1) is 17.0. The third-order valence-electron chi connectivity index (χ3n) is 3.05. The van der Waals surface area contributed by atoms with E-state index in [0.29, 0.717) is 12.1 Å². The molecule has 4 nitrogen and oxygen atoms in total. The fourth-order valence-electron chi connectivity index (χ4n) is 1.93. The molecule has 0 saturated heterocycles. The summed E-state index contributed by atoms with van der Waals surface area (Å²) in [7, 11) is 1.60. The SMILES string of the molecule is COc1ccc(C(=O)NCC2=CCNCC2)cc1Br.Cl. The Kier molecular flexibility index (Phi) is 7.05. The molecule has 1 aliphatic heterocycles. The summed E-state index contributed by atoms with van der Waals surface area (Å²) in [5.41, 5.74) is 1.90. The molecular formula is C14H18BrClN2O2. The molecule has 1 aliphatic rings. The highest BCUT2D eigenvalue weighted by Gasteiger charge is 2.10. The van der Waals surface area contributed by atoms with Crippen molar-refractivity contribution in [3.8, 4) is 5.75 Å². The molecule has 1 amide bonds. The van der Waals surface area contributed by atoms with Crippen LogP contribution in [-0.4, -0.2) is 32.7 Å². The van der Waals surface area contributed by atoms with Gasteiger partial charge in [-0.25, -0.2) is 0 Å². The van der Waals surface area contributed by atoms with Crippen LogP contribution in [0.3, 0.4) is 0 Å². The van der Waals surface area contributed by atoms with Crippen LogP contribution < -0.4 is 15.4 Å². The van der Waals surface area contributed by atoms with Crippen molar-refractivity contribution in [1.82, 2.24) is 10.6 Å². The first-order chi connectivity index (χ1) is 9.20. The van der Waals surface area contributed by atoms with Gasteiger partial charge in [0.2, 0.25) is 0 Å². The van der Waals surface area contributed by atoms with Crippen molar-refractivity contribution in [2.45, 2.75) is 6.42 Å². The number of carbonyl (C=O) groups excluding carboxylic acids is 1. The van der Waals surface area contributed by atoms with Gasteiger partial charge in [-0.15, -0.1) is 12.4 Å². The third kappa shape index (κ3) is 4.51. The van der Waals surface area contributed by atoms with E-state index in [2.05, 4.69) is 32.6 Å². The fraction of sp³-hybridized carbons (Fsp3) is 0.357. The molecule has 2 rings (SSSR count). The molecule has 0 unspecified atom stereocenters. The summed E-state index contributed by atoms with van der Waals surface area (Å²) in [6.07, 6.45) is 3.13. The molecule has 0 bridgehead atoms. The van der Waals surface area contributed by atoms with E-state index in [-0.39, 0.29) is 18.3 Å². The van der Waals surface area contributed by atoms with Gasteiger partial charge in [0.25, 0.3) is 5.91 Å².